The van der Waals surface area contributed by atoms with Crippen molar-refractivity contribution in [2.45, 2.75) is 51.4 Å². The van der Waals surface area contributed by atoms with Gasteiger partial charge in [-0.1, -0.05) is 42.3 Å². The molecule has 0 aromatic heterocycles. The zero-order valence-electron chi connectivity index (χ0n) is 16.5. The highest BCUT2D eigenvalue weighted by Crippen LogP contribution is 2.30. The van der Waals surface area contributed by atoms with Gasteiger partial charge < -0.3 is 15.6 Å². The molecule has 0 heterocycles. The van der Waals surface area contributed by atoms with Gasteiger partial charge in [0, 0.05) is 6.61 Å². The molecule has 146 valence electrons. The van der Waals surface area contributed by atoms with E-state index in [1.807, 2.05) is 0 Å². The zero-order chi connectivity index (χ0) is 19.1. The summed E-state index contributed by atoms with van der Waals surface area (Å²) in [7, 11) is 0. The Hall–Kier alpha value is -1.84. The molecular formula is C24H33NO2. The molecule has 0 aliphatic heterocycles. The predicted octanol–water partition coefficient (Wildman–Crippen LogP) is 4.38. The Morgan fingerprint density at radius 1 is 1.11 bits per heavy atom. The minimum Gasteiger partial charge on any atom is -0.493 e. The highest BCUT2D eigenvalue weighted by Gasteiger charge is 2.21. The number of aliphatic hydroxyl groups is 1. The molecule has 0 unspecified atom stereocenters. The lowest BCUT2D eigenvalue weighted by Crippen LogP contribution is -2.21. The molecule has 0 saturated carbocycles. The molecule has 0 amide bonds. The second-order valence-electron chi connectivity index (χ2n) is 7.91. The van der Waals surface area contributed by atoms with Crippen molar-refractivity contribution in [3.05, 3.63) is 64.7 Å². The Bertz CT molecular complexity index is 711. The van der Waals surface area contributed by atoms with Crippen LogP contribution in [0, 0.1) is 12.8 Å². The zero-order valence-corrected chi connectivity index (χ0v) is 16.5. The van der Waals surface area contributed by atoms with E-state index >= 15 is 0 Å². The number of nitrogens with two attached hydrogens (primary N) is 1. The molecule has 2 atom stereocenters. The maximum atomic E-state index is 8.99. The van der Waals surface area contributed by atoms with Gasteiger partial charge >= 0.3 is 0 Å². The van der Waals surface area contributed by atoms with Gasteiger partial charge in [-0.15, -0.1) is 0 Å². The van der Waals surface area contributed by atoms with Crippen LogP contribution in [0.3, 0.4) is 0 Å². The van der Waals surface area contributed by atoms with Crippen molar-refractivity contribution in [1.29, 1.82) is 0 Å². The summed E-state index contributed by atoms with van der Waals surface area (Å²) >= 11 is 0. The minimum atomic E-state index is 0.271. The lowest BCUT2D eigenvalue weighted by Gasteiger charge is -2.26. The minimum absolute atomic E-state index is 0.271. The highest BCUT2D eigenvalue weighted by molar-refractivity contribution is 5.36. The molecule has 27 heavy (non-hydrogen) atoms. The molecule has 3 rings (SSSR count). The third-order valence-corrected chi connectivity index (χ3v) is 5.78. The van der Waals surface area contributed by atoms with Crippen LogP contribution in [0.25, 0.3) is 0 Å². The summed E-state index contributed by atoms with van der Waals surface area (Å²) < 4.78 is 6.01. The molecule has 0 radical (unpaired) electrons. The van der Waals surface area contributed by atoms with Gasteiger partial charge in [0.2, 0.25) is 0 Å². The number of benzene rings is 2. The fourth-order valence-corrected chi connectivity index (χ4v) is 4.02. The van der Waals surface area contributed by atoms with E-state index in [-0.39, 0.29) is 6.61 Å². The standard InChI is InChI=1S/C24H33NO2/c1-18-5-11-24(12-6-18)27-17-19-7-8-21-15-22(10-9-20(21)14-19)23(16-25)4-2-3-13-26/h5-6,9-12,15,19,23,26H,2-4,7-8,13-14,16-17,25H2,1H3/t19-,23-/m0/s1. The van der Waals surface area contributed by atoms with Gasteiger partial charge in [0.25, 0.3) is 0 Å². The van der Waals surface area contributed by atoms with E-state index < -0.39 is 0 Å². The van der Waals surface area contributed by atoms with Crippen molar-refractivity contribution in [2.24, 2.45) is 11.7 Å². The second-order valence-corrected chi connectivity index (χ2v) is 7.91. The fourth-order valence-electron chi connectivity index (χ4n) is 4.02. The van der Waals surface area contributed by atoms with Gasteiger partial charge in [-0.05, 0) is 86.2 Å². The van der Waals surface area contributed by atoms with Crippen molar-refractivity contribution in [1.82, 2.24) is 0 Å². The van der Waals surface area contributed by atoms with E-state index in [1.165, 1.54) is 28.7 Å². The van der Waals surface area contributed by atoms with Crippen molar-refractivity contribution in [3.63, 3.8) is 0 Å². The van der Waals surface area contributed by atoms with Crippen LogP contribution in [-0.4, -0.2) is 24.9 Å². The Kier molecular flexibility index (Phi) is 7.31. The quantitative estimate of drug-likeness (QED) is 0.647. The van der Waals surface area contributed by atoms with Crippen molar-refractivity contribution >= 4 is 0 Å². The molecular weight excluding hydrogens is 334 g/mol. The van der Waals surface area contributed by atoms with E-state index in [4.69, 9.17) is 15.6 Å². The van der Waals surface area contributed by atoms with Gasteiger partial charge in [0.15, 0.2) is 0 Å². The molecule has 1 aliphatic carbocycles. The maximum absolute atomic E-state index is 8.99. The second kappa shape index (κ2) is 9.91. The number of aryl methyl sites for hydroxylation is 2. The van der Waals surface area contributed by atoms with Crippen LogP contribution in [0.4, 0.5) is 0 Å². The maximum Gasteiger partial charge on any atom is 0.119 e. The average molecular weight is 368 g/mol. The molecule has 0 spiro atoms. The van der Waals surface area contributed by atoms with Gasteiger partial charge in [-0.25, -0.2) is 0 Å². The van der Waals surface area contributed by atoms with Crippen LogP contribution in [0.2, 0.25) is 0 Å². The first-order valence-electron chi connectivity index (χ1n) is 10.3. The highest BCUT2D eigenvalue weighted by atomic mass is 16.5. The van der Waals surface area contributed by atoms with Gasteiger partial charge in [0.05, 0.1) is 6.61 Å². The first kappa shape index (κ1) is 19.9. The van der Waals surface area contributed by atoms with E-state index in [2.05, 4.69) is 49.4 Å². The normalized spacial score (nSPS) is 17.4. The first-order valence-corrected chi connectivity index (χ1v) is 10.3. The largest absolute Gasteiger partial charge is 0.493 e. The summed E-state index contributed by atoms with van der Waals surface area (Å²) in [5.41, 5.74) is 11.6. The predicted molar refractivity (Wildman–Crippen MR) is 111 cm³/mol. The summed E-state index contributed by atoms with van der Waals surface area (Å²) in [6, 6.07) is 15.3. The molecule has 3 heteroatoms. The van der Waals surface area contributed by atoms with Crippen LogP contribution in [0.5, 0.6) is 5.75 Å². The summed E-state index contributed by atoms with van der Waals surface area (Å²) in [4.78, 5) is 0. The van der Waals surface area contributed by atoms with Crippen LogP contribution >= 0.6 is 0 Å². The number of hydrogen-bond donors (Lipinski definition) is 2. The Labute approximate surface area is 163 Å². The number of ether oxygens (including phenoxy) is 1. The molecule has 2 aromatic carbocycles. The van der Waals surface area contributed by atoms with Gasteiger partial charge in [-0.3, -0.25) is 0 Å². The monoisotopic (exact) mass is 367 g/mol. The Balaban J connectivity index is 1.57. The fraction of sp³-hybridized carbons (Fsp3) is 0.500. The van der Waals surface area contributed by atoms with Crippen LogP contribution in [0.1, 0.15) is 53.9 Å². The van der Waals surface area contributed by atoms with Crippen LogP contribution in [-0.2, 0) is 12.8 Å². The molecule has 3 nitrogen and oxygen atoms in total. The summed E-state index contributed by atoms with van der Waals surface area (Å²) in [6.07, 6.45) is 6.36. The third kappa shape index (κ3) is 5.57. The molecule has 2 aromatic rings. The number of hydrogen-bond acceptors (Lipinski definition) is 3. The lowest BCUT2D eigenvalue weighted by molar-refractivity contribution is 0.234. The SMILES string of the molecule is Cc1ccc(OC[C@H]2CCc3cc([C@H](CN)CCCCO)ccc3C2)cc1. The molecule has 1 aliphatic rings. The smallest absolute Gasteiger partial charge is 0.119 e. The molecule has 0 saturated heterocycles. The number of unbranched alkanes of at least 4 members (excludes halogenated alkanes) is 1. The Morgan fingerprint density at radius 2 is 1.93 bits per heavy atom. The van der Waals surface area contributed by atoms with Gasteiger partial charge in [0.1, 0.15) is 5.75 Å². The third-order valence-electron chi connectivity index (χ3n) is 5.78. The summed E-state index contributed by atoms with van der Waals surface area (Å²) in [6.45, 7) is 3.83. The summed E-state index contributed by atoms with van der Waals surface area (Å²) in [5.74, 6) is 1.96. The first-order chi connectivity index (χ1) is 13.2. The van der Waals surface area contributed by atoms with E-state index in [1.54, 1.807) is 0 Å². The van der Waals surface area contributed by atoms with Gasteiger partial charge in [-0.2, -0.15) is 0 Å². The Morgan fingerprint density at radius 3 is 2.67 bits per heavy atom. The van der Waals surface area contributed by atoms with Crippen LogP contribution in [0.15, 0.2) is 42.5 Å². The van der Waals surface area contributed by atoms with E-state index in [0.29, 0.717) is 18.4 Å². The van der Waals surface area contributed by atoms with Crippen molar-refractivity contribution < 1.29 is 9.84 Å². The number of aliphatic hydroxyl groups excluding tert-OH is 1. The van der Waals surface area contributed by atoms with Crippen LogP contribution < -0.4 is 10.5 Å². The summed E-state index contributed by atoms with van der Waals surface area (Å²) in [5, 5.41) is 8.99. The average Bonchev–Trinajstić information content (AvgIpc) is 2.70. The van der Waals surface area contributed by atoms with E-state index in [0.717, 1.165) is 44.5 Å². The van der Waals surface area contributed by atoms with Crippen molar-refractivity contribution in [3.8, 4) is 5.75 Å². The van der Waals surface area contributed by atoms with Crippen molar-refractivity contribution in [2.75, 3.05) is 19.8 Å². The molecule has 3 N–H and O–H groups in total. The lowest BCUT2D eigenvalue weighted by atomic mass is 9.81. The number of fused-ring (bicyclic) bond motifs is 1. The molecule has 0 fully saturated rings. The number of rotatable bonds is 9. The molecule has 0 bridgehead atoms. The topological polar surface area (TPSA) is 55.5 Å². The van der Waals surface area contributed by atoms with E-state index in [9.17, 15) is 0 Å².